The minimum atomic E-state index is -0.115. The van der Waals surface area contributed by atoms with Gasteiger partial charge in [-0.2, -0.15) is 0 Å². The van der Waals surface area contributed by atoms with Crippen molar-refractivity contribution in [1.29, 1.82) is 0 Å². The Hall–Kier alpha value is -1.85. The molecular formula is C19H18N2OS2. The maximum atomic E-state index is 12.8. The lowest BCUT2D eigenvalue weighted by atomic mass is 10.00. The first kappa shape index (κ1) is 15.7. The van der Waals surface area contributed by atoms with Gasteiger partial charge in [0, 0.05) is 13.1 Å². The van der Waals surface area contributed by atoms with Crippen LogP contribution in [0.3, 0.4) is 0 Å². The minimum Gasteiger partial charge on any atom is -0.337 e. The number of benzene rings is 2. The lowest BCUT2D eigenvalue weighted by Crippen LogP contribution is -2.40. The Morgan fingerprint density at radius 3 is 2.75 bits per heavy atom. The van der Waals surface area contributed by atoms with Crippen molar-refractivity contribution in [2.45, 2.75) is 29.5 Å². The first-order valence-electron chi connectivity index (χ1n) is 8.08. The second-order valence-corrected chi connectivity index (χ2v) is 8.60. The zero-order chi connectivity index (χ0) is 16.5. The Morgan fingerprint density at radius 1 is 1.17 bits per heavy atom. The zero-order valence-electron chi connectivity index (χ0n) is 13.4. The number of rotatable bonds is 3. The van der Waals surface area contributed by atoms with E-state index in [9.17, 15) is 4.79 Å². The van der Waals surface area contributed by atoms with Crippen LogP contribution in [0.4, 0.5) is 0 Å². The number of aromatic nitrogens is 1. The van der Waals surface area contributed by atoms with Crippen LogP contribution >= 0.6 is 23.1 Å². The summed E-state index contributed by atoms with van der Waals surface area (Å²) >= 11 is 3.23. The number of para-hydroxylation sites is 1. The summed E-state index contributed by atoms with van der Waals surface area (Å²) in [6.45, 7) is 3.51. The third kappa shape index (κ3) is 3.06. The Balaban J connectivity index is 1.46. The van der Waals surface area contributed by atoms with Gasteiger partial charge in [0.05, 0.1) is 15.5 Å². The van der Waals surface area contributed by atoms with Gasteiger partial charge in [-0.1, -0.05) is 48.2 Å². The molecule has 1 aromatic heterocycles. The second kappa shape index (κ2) is 6.57. The average molecular weight is 355 g/mol. The molecule has 2 aromatic carbocycles. The van der Waals surface area contributed by atoms with Crippen LogP contribution in [0.25, 0.3) is 10.2 Å². The number of fused-ring (bicyclic) bond motifs is 2. The number of hydrogen-bond acceptors (Lipinski definition) is 4. The van der Waals surface area contributed by atoms with Crippen LogP contribution in [0.15, 0.2) is 52.9 Å². The van der Waals surface area contributed by atoms with E-state index in [4.69, 9.17) is 0 Å². The summed E-state index contributed by atoms with van der Waals surface area (Å²) in [5.41, 5.74) is 3.65. The highest BCUT2D eigenvalue weighted by molar-refractivity contribution is 8.02. The molecule has 0 N–H and O–H groups in total. The molecule has 0 bridgehead atoms. The molecule has 24 heavy (non-hydrogen) atoms. The van der Waals surface area contributed by atoms with Gasteiger partial charge in [0.15, 0.2) is 4.34 Å². The van der Waals surface area contributed by atoms with Crippen LogP contribution in [0.1, 0.15) is 18.1 Å². The van der Waals surface area contributed by atoms with Crippen LogP contribution in [0, 0.1) is 0 Å². The molecule has 0 aliphatic carbocycles. The molecule has 0 saturated carbocycles. The Bertz CT molecular complexity index is 857. The molecule has 1 aliphatic heterocycles. The number of amides is 1. The smallest absolute Gasteiger partial charge is 0.236 e. The lowest BCUT2D eigenvalue weighted by molar-refractivity contribution is -0.131. The monoisotopic (exact) mass is 354 g/mol. The summed E-state index contributed by atoms with van der Waals surface area (Å²) in [4.78, 5) is 19.4. The number of carbonyl (C=O) groups is 1. The fourth-order valence-electron chi connectivity index (χ4n) is 3.04. The molecule has 1 aliphatic rings. The molecule has 0 spiro atoms. The maximum absolute atomic E-state index is 12.8. The SMILES string of the molecule is C[C@@H](Sc1nc2ccccc2s1)C(=O)N1CCc2ccccc2C1. The summed E-state index contributed by atoms with van der Waals surface area (Å²) in [7, 11) is 0. The summed E-state index contributed by atoms with van der Waals surface area (Å²) in [6, 6.07) is 16.5. The summed E-state index contributed by atoms with van der Waals surface area (Å²) in [6.07, 6.45) is 0.945. The van der Waals surface area contributed by atoms with Crippen molar-refractivity contribution in [2.24, 2.45) is 0 Å². The van der Waals surface area contributed by atoms with E-state index < -0.39 is 0 Å². The van der Waals surface area contributed by atoms with Crippen molar-refractivity contribution in [3.8, 4) is 0 Å². The molecule has 2 heterocycles. The third-order valence-corrected chi connectivity index (χ3v) is 6.56. The second-order valence-electron chi connectivity index (χ2n) is 5.99. The molecule has 4 rings (SSSR count). The van der Waals surface area contributed by atoms with Gasteiger partial charge in [0.25, 0.3) is 0 Å². The molecule has 0 saturated heterocycles. The predicted molar refractivity (Wildman–Crippen MR) is 101 cm³/mol. The van der Waals surface area contributed by atoms with E-state index in [1.54, 1.807) is 23.1 Å². The van der Waals surface area contributed by atoms with E-state index in [2.05, 4.69) is 29.2 Å². The van der Waals surface area contributed by atoms with Crippen molar-refractivity contribution in [3.63, 3.8) is 0 Å². The Labute approximate surface area is 149 Å². The molecule has 0 unspecified atom stereocenters. The first-order chi connectivity index (χ1) is 11.7. The van der Waals surface area contributed by atoms with Gasteiger partial charge in [-0.05, 0) is 36.6 Å². The molecule has 0 radical (unpaired) electrons. The largest absolute Gasteiger partial charge is 0.337 e. The van der Waals surface area contributed by atoms with Gasteiger partial charge in [0.1, 0.15) is 0 Å². The quantitative estimate of drug-likeness (QED) is 0.655. The Kier molecular flexibility index (Phi) is 4.29. The third-order valence-electron chi connectivity index (χ3n) is 4.34. The summed E-state index contributed by atoms with van der Waals surface area (Å²) in [5, 5.41) is -0.115. The molecule has 3 aromatic rings. The molecular weight excluding hydrogens is 336 g/mol. The highest BCUT2D eigenvalue weighted by Crippen LogP contribution is 2.33. The Morgan fingerprint density at radius 2 is 1.92 bits per heavy atom. The predicted octanol–water partition coefficient (Wildman–Crippen LogP) is 4.36. The fraction of sp³-hybridized carbons (Fsp3) is 0.263. The zero-order valence-corrected chi connectivity index (χ0v) is 15.1. The fourth-order valence-corrected chi connectivity index (χ4v) is 5.34. The van der Waals surface area contributed by atoms with Crippen LogP contribution < -0.4 is 0 Å². The van der Waals surface area contributed by atoms with Crippen LogP contribution in [0.2, 0.25) is 0 Å². The van der Waals surface area contributed by atoms with Gasteiger partial charge >= 0.3 is 0 Å². The van der Waals surface area contributed by atoms with E-state index in [1.807, 2.05) is 36.1 Å². The van der Waals surface area contributed by atoms with Crippen LogP contribution in [-0.2, 0) is 17.8 Å². The molecule has 1 amide bonds. The van der Waals surface area contributed by atoms with E-state index in [0.29, 0.717) is 0 Å². The molecule has 5 heteroatoms. The lowest BCUT2D eigenvalue weighted by Gasteiger charge is -2.30. The van der Waals surface area contributed by atoms with Gasteiger partial charge in [-0.15, -0.1) is 11.3 Å². The number of carbonyl (C=O) groups excluding carboxylic acids is 1. The maximum Gasteiger partial charge on any atom is 0.236 e. The summed E-state index contributed by atoms with van der Waals surface area (Å²) < 4.78 is 2.14. The average Bonchev–Trinajstić information content (AvgIpc) is 3.02. The van der Waals surface area contributed by atoms with E-state index in [1.165, 1.54) is 15.8 Å². The number of nitrogens with zero attached hydrogens (tertiary/aromatic N) is 2. The minimum absolute atomic E-state index is 0.115. The first-order valence-corrected chi connectivity index (χ1v) is 9.78. The van der Waals surface area contributed by atoms with Crippen LogP contribution in [-0.4, -0.2) is 27.6 Å². The van der Waals surface area contributed by atoms with E-state index in [-0.39, 0.29) is 11.2 Å². The molecule has 0 fully saturated rings. The van der Waals surface area contributed by atoms with Gasteiger partial charge in [0.2, 0.25) is 5.91 Å². The van der Waals surface area contributed by atoms with Gasteiger partial charge in [-0.25, -0.2) is 4.98 Å². The molecule has 122 valence electrons. The van der Waals surface area contributed by atoms with E-state index in [0.717, 1.165) is 29.4 Å². The van der Waals surface area contributed by atoms with Crippen molar-refractivity contribution in [3.05, 3.63) is 59.7 Å². The summed E-state index contributed by atoms with van der Waals surface area (Å²) in [5.74, 6) is 0.203. The van der Waals surface area contributed by atoms with Gasteiger partial charge in [-0.3, -0.25) is 4.79 Å². The topological polar surface area (TPSA) is 33.2 Å². The molecule has 1 atom stereocenters. The number of thiazole rings is 1. The van der Waals surface area contributed by atoms with Crippen LogP contribution in [0.5, 0.6) is 0 Å². The van der Waals surface area contributed by atoms with Crippen molar-refractivity contribution < 1.29 is 4.79 Å². The van der Waals surface area contributed by atoms with Crippen molar-refractivity contribution in [2.75, 3.05) is 6.54 Å². The normalized spacial score (nSPS) is 15.3. The van der Waals surface area contributed by atoms with E-state index >= 15 is 0 Å². The number of thioether (sulfide) groups is 1. The van der Waals surface area contributed by atoms with Crippen molar-refractivity contribution >= 4 is 39.2 Å². The highest BCUT2D eigenvalue weighted by Gasteiger charge is 2.25. The van der Waals surface area contributed by atoms with Gasteiger partial charge < -0.3 is 4.90 Å². The number of hydrogen-bond donors (Lipinski definition) is 0. The highest BCUT2D eigenvalue weighted by atomic mass is 32.2. The molecule has 3 nitrogen and oxygen atoms in total. The standard InChI is InChI=1S/C19H18N2OS2/c1-13(23-19-20-16-8-4-5-9-17(16)24-19)18(22)21-11-10-14-6-2-3-7-15(14)12-21/h2-9,13H,10-12H2,1H3/t13-/m1/s1. The van der Waals surface area contributed by atoms with Crippen molar-refractivity contribution in [1.82, 2.24) is 9.88 Å².